The number of hydrogen-bond donors (Lipinski definition) is 2. The van der Waals surface area contributed by atoms with Gasteiger partial charge in [-0.15, -0.1) is 0 Å². The van der Waals surface area contributed by atoms with Crippen LogP contribution in [0.1, 0.15) is 27.2 Å². The van der Waals surface area contributed by atoms with E-state index in [4.69, 9.17) is 16.0 Å². The lowest BCUT2D eigenvalue weighted by Gasteiger charge is -2.13. The second-order valence-electron chi connectivity index (χ2n) is 7.84. The molecule has 0 aliphatic carbocycles. The van der Waals surface area contributed by atoms with Crippen molar-refractivity contribution in [2.45, 2.75) is 13.8 Å². The number of amides is 3. The zero-order chi connectivity index (χ0) is 25.3. The zero-order valence-corrected chi connectivity index (χ0v) is 20.2. The molecule has 3 aromatic rings. The molecule has 1 aliphatic rings. The summed E-state index contributed by atoms with van der Waals surface area (Å²) in [5, 5.41) is 11.7. The number of hydrogen-bond acceptors (Lipinski definition) is 6. The molecule has 1 aliphatic heterocycles. The fourth-order valence-electron chi connectivity index (χ4n) is 3.47. The lowest BCUT2D eigenvalue weighted by Crippen LogP contribution is -2.36. The molecule has 10 heteroatoms. The van der Waals surface area contributed by atoms with Gasteiger partial charge in [0.05, 0.1) is 15.5 Å². The number of rotatable bonds is 6. The summed E-state index contributed by atoms with van der Waals surface area (Å²) in [6.45, 7) is 3.37. The number of carbonyl (C=O) groups is 4. The molecule has 2 aromatic carbocycles. The molecular formula is C25H19ClN2O6S. The number of carboxylic acid groups (broad SMARTS) is 1. The number of aryl methyl sites for hydroxylation is 2. The highest BCUT2D eigenvalue weighted by Gasteiger charge is 2.36. The second-order valence-corrected chi connectivity index (χ2v) is 9.24. The van der Waals surface area contributed by atoms with Gasteiger partial charge in [0.1, 0.15) is 18.1 Å². The van der Waals surface area contributed by atoms with Gasteiger partial charge >= 0.3 is 5.97 Å². The molecule has 0 atom stereocenters. The zero-order valence-electron chi connectivity index (χ0n) is 18.6. The van der Waals surface area contributed by atoms with Gasteiger partial charge in [0.25, 0.3) is 11.1 Å². The Hall–Kier alpha value is -3.82. The van der Waals surface area contributed by atoms with Gasteiger partial charge in [-0.1, -0.05) is 29.3 Å². The van der Waals surface area contributed by atoms with Crippen molar-refractivity contribution in [1.82, 2.24) is 4.90 Å². The summed E-state index contributed by atoms with van der Waals surface area (Å²) < 4.78 is 5.72. The summed E-state index contributed by atoms with van der Waals surface area (Å²) >= 11 is 6.88. The van der Waals surface area contributed by atoms with Gasteiger partial charge in [-0.3, -0.25) is 19.3 Å². The number of nitrogens with zero attached hydrogens (tertiary/aromatic N) is 1. The Morgan fingerprint density at radius 1 is 1.11 bits per heavy atom. The molecule has 1 saturated heterocycles. The minimum Gasteiger partial charge on any atom is -0.478 e. The number of imide groups is 1. The molecule has 8 nitrogen and oxygen atoms in total. The highest BCUT2D eigenvalue weighted by molar-refractivity contribution is 8.18. The average Bonchev–Trinajstić information content (AvgIpc) is 3.36. The summed E-state index contributed by atoms with van der Waals surface area (Å²) in [5.74, 6) is -1.64. The number of carboxylic acids is 1. The van der Waals surface area contributed by atoms with Crippen LogP contribution in [0.2, 0.25) is 5.02 Å². The minimum absolute atomic E-state index is 0.0441. The Kier molecular flexibility index (Phi) is 6.81. The summed E-state index contributed by atoms with van der Waals surface area (Å²) in [6.07, 6.45) is 1.39. The largest absolute Gasteiger partial charge is 0.478 e. The van der Waals surface area contributed by atoms with Gasteiger partial charge in [-0.2, -0.15) is 0 Å². The highest BCUT2D eigenvalue weighted by Crippen LogP contribution is 2.35. The van der Waals surface area contributed by atoms with E-state index in [1.807, 2.05) is 26.0 Å². The van der Waals surface area contributed by atoms with Gasteiger partial charge in [-0.25, -0.2) is 4.79 Å². The van der Waals surface area contributed by atoms with E-state index in [0.29, 0.717) is 33.8 Å². The summed E-state index contributed by atoms with van der Waals surface area (Å²) in [5.41, 5.74) is 2.95. The van der Waals surface area contributed by atoms with E-state index in [2.05, 4.69) is 5.32 Å². The summed E-state index contributed by atoms with van der Waals surface area (Å²) in [6, 6.07) is 12.9. The number of thioether (sulfide) groups is 1. The van der Waals surface area contributed by atoms with Gasteiger partial charge in [0.2, 0.25) is 5.91 Å². The Bertz CT molecular complexity index is 1410. The number of carbonyl (C=O) groups excluding carboxylic acids is 3. The van der Waals surface area contributed by atoms with E-state index < -0.39 is 29.6 Å². The first-order chi connectivity index (χ1) is 16.6. The molecule has 3 amide bonds. The Labute approximate surface area is 209 Å². The molecule has 0 bridgehead atoms. The molecular weight excluding hydrogens is 492 g/mol. The number of anilines is 1. The van der Waals surface area contributed by atoms with Crippen LogP contribution < -0.4 is 5.32 Å². The van der Waals surface area contributed by atoms with Gasteiger partial charge in [-0.05, 0) is 67.6 Å². The SMILES string of the molecule is Cc1ccc(NC(=O)CN2C(=O)S/C(=C\c3ccc(-c4cc(C(=O)O)ccc4Cl)o3)C2=O)c(C)c1. The van der Waals surface area contributed by atoms with Crippen LogP contribution in [0.25, 0.3) is 17.4 Å². The molecule has 0 unspecified atom stereocenters. The van der Waals surface area contributed by atoms with E-state index in [1.54, 1.807) is 18.2 Å². The Morgan fingerprint density at radius 2 is 1.89 bits per heavy atom. The average molecular weight is 511 g/mol. The topological polar surface area (TPSA) is 117 Å². The van der Waals surface area contributed by atoms with Crippen LogP contribution in [0, 0.1) is 13.8 Å². The van der Waals surface area contributed by atoms with Crippen LogP contribution in [-0.4, -0.2) is 39.6 Å². The number of furan rings is 1. The lowest BCUT2D eigenvalue weighted by molar-refractivity contribution is -0.127. The van der Waals surface area contributed by atoms with E-state index in [0.717, 1.165) is 16.0 Å². The molecule has 0 spiro atoms. The maximum absolute atomic E-state index is 12.8. The quantitative estimate of drug-likeness (QED) is 0.415. The van der Waals surface area contributed by atoms with Crippen LogP contribution in [0.3, 0.4) is 0 Å². The van der Waals surface area contributed by atoms with E-state index in [-0.39, 0.29) is 16.2 Å². The predicted molar refractivity (Wildman–Crippen MR) is 133 cm³/mol. The van der Waals surface area contributed by atoms with E-state index >= 15 is 0 Å². The minimum atomic E-state index is -1.11. The molecule has 0 saturated carbocycles. The molecule has 178 valence electrons. The van der Waals surface area contributed by atoms with Crippen molar-refractivity contribution in [2.24, 2.45) is 0 Å². The third-order valence-corrected chi connectivity index (χ3v) is 6.45. The normalized spacial score (nSPS) is 14.6. The van der Waals surface area contributed by atoms with Crippen LogP contribution in [0.5, 0.6) is 0 Å². The molecule has 2 N–H and O–H groups in total. The number of aromatic carboxylic acids is 1. The molecule has 2 heterocycles. The fourth-order valence-corrected chi connectivity index (χ4v) is 4.50. The molecule has 4 rings (SSSR count). The third-order valence-electron chi connectivity index (χ3n) is 5.21. The van der Waals surface area contributed by atoms with E-state index in [9.17, 15) is 24.3 Å². The van der Waals surface area contributed by atoms with Crippen LogP contribution in [-0.2, 0) is 9.59 Å². The van der Waals surface area contributed by atoms with E-state index in [1.165, 1.54) is 24.3 Å². The standard InChI is InChI=1S/C25H19ClN2O6S/c1-13-3-7-19(14(2)9-13)27-22(29)12-28-23(30)21(35-25(28)33)11-16-5-8-20(34-16)17-10-15(24(31)32)4-6-18(17)26/h3-11H,12H2,1-2H3,(H,27,29)(H,31,32)/b21-11-. The van der Waals surface area contributed by atoms with Crippen molar-refractivity contribution in [3.8, 4) is 11.3 Å². The van der Waals surface area contributed by atoms with Crippen molar-refractivity contribution < 1.29 is 28.7 Å². The number of nitrogens with one attached hydrogen (secondary N) is 1. The molecule has 1 aromatic heterocycles. The summed E-state index contributed by atoms with van der Waals surface area (Å²) in [4.78, 5) is 49.9. The van der Waals surface area contributed by atoms with Crippen molar-refractivity contribution in [3.05, 3.63) is 80.9 Å². The van der Waals surface area contributed by atoms with Crippen LogP contribution in [0.15, 0.2) is 57.9 Å². The maximum atomic E-state index is 12.8. The Morgan fingerprint density at radius 3 is 2.60 bits per heavy atom. The first kappa shape index (κ1) is 24.3. The van der Waals surface area contributed by atoms with Gasteiger partial charge in [0.15, 0.2) is 0 Å². The first-order valence-electron chi connectivity index (χ1n) is 10.4. The molecule has 0 radical (unpaired) electrons. The summed E-state index contributed by atoms with van der Waals surface area (Å²) in [7, 11) is 0. The van der Waals surface area contributed by atoms with Crippen LogP contribution in [0.4, 0.5) is 10.5 Å². The second kappa shape index (κ2) is 9.81. The highest BCUT2D eigenvalue weighted by atomic mass is 35.5. The molecule has 35 heavy (non-hydrogen) atoms. The van der Waals surface area contributed by atoms with Crippen molar-refractivity contribution in [3.63, 3.8) is 0 Å². The number of halogens is 1. The van der Waals surface area contributed by atoms with Gasteiger partial charge in [0, 0.05) is 17.3 Å². The third kappa shape index (κ3) is 5.31. The first-order valence-corrected chi connectivity index (χ1v) is 11.6. The monoisotopic (exact) mass is 510 g/mol. The number of benzene rings is 2. The fraction of sp³-hybridized carbons (Fsp3) is 0.120. The lowest BCUT2D eigenvalue weighted by atomic mass is 10.1. The van der Waals surface area contributed by atoms with Gasteiger partial charge < -0.3 is 14.8 Å². The van der Waals surface area contributed by atoms with Crippen molar-refractivity contribution in [2.75, 3.05) is 11.9 Å². The molecule has 1 fully saturated rings. The maximum Gasteiger partial charge on any atom is 0.335 e. The van der Waals surface area contributed by atoms with Crippen molar-refractivity contribution in [1.29, 1.82) is 0 Å². The Balaban J connectivity index is 1.49. The van der Waals surface area contributed by atoms with Crippen molar-refractivity contribution >= 4 is 58.1 Å². The van der Waals surface area contributed by atoms with Crippen LogP contribution >= 0.6 is 23.4 Å². The smallest absolute Gasteiger partial charge is 0.335 e. The predicted octanol–water partition coefficient (Wildman–Crippen LogP) is 5.59.